The molecule has 0 radical (unpaired) electrons. The van der Waals surface area contributed by atoms with Crippen molar-refractivity contribution in [1.82, 2.24) is 5.32 Å². The molecule has 2 N–H and O–H groups in total. The fourth-order valence-electron chi connectivity index (χ4n) is 2.36. The summed E-state index contributed by atoms with van der Waals surface area (Å²) in [6, 6.07) is 9.53. The van der Waals surface area contributed by atoms with E-state index in [0.29, 0.717) is 0 Å². The fraction of sp³-hybridized carbons (Fsp3) is 0.429. The minimum atomic E-state index is -0.165. The van der Waals surface area contributed by atoms with Crippen LogP contribution < -0.4 is 10.6 Å². The molecule has 4 nitrogen and oxygen atoms in total. The summed E-state index contributed by atoms with van der Waals surface area (Å²) in [6.45, 7) is 3.60. The third kappa shape index (κ3) is 3.32. The molecule has 1 saturated carbocycles. The molecule has 2 rings (SSSR count). The number of para-hydroxylation sites is 1. The third-order valence-electron chi connectivity index (χ3n) is 3.31. The molecule has 96 valence electrons. The molecular weight excluding hydrogens is 226 g/mol. The SMILES string of the molecule is C=N[C@@H]1CCCC[C@H]1NC(=O)Nc1ccccc1. The Morgan fingerprint density at radius 2 is 1.94 bits per heavy atom. The lowest BCUT2D eigenvalue weighted by molar-refractivity contribution is 0.240. The molecule has 0 bridgehead atoms. The maximum absolute atomic E-state index is 11.9. The van der Waals surface area contributed by atoms with Gasteiger partial charge in [0.1, 0.15) is 0 Å². The van der Waals surface area contributed by atoms with Gasteiger partial charge in [0, 0.05) is 5.69 Å². The van der Waals surface area contributed by atoms with Crippen LogP contribution in [0, 0.1) is 0 Å². The number of aliphatic imine (C=N–C) groups is 1. The maximum Gasteiger partial charge on any atom is 0.319 e. The van der Waals surface area contributed by atoms with Gasteiger partial charge in [0.15, 0.2) is 0 Å². The number of benzene rings is 1. The summed E-state index contributed by atoms with van der Waals surface area (Å²) < 4.78 is 0. The van der Waals surface area contributed by atoms with Crippen LogP contribution in [0.4, 0.5) is 10.5 Å². The second-order valence-corrected chi connectivity index (χ2v) is 4.61. The van der Waals surface area contributed by atoms with Crippen molar-refractivity contribution in [1.29, 1.82) is 0 Å². The third-order valence-corrected chi connectivity index (χ3v) is 3.31. The van der Waals surface area contributed by atoms with Gasteiger partial charge in [-0.05, 0) is 31.7 Å². The molecule has 1 aliphatic carbocycles. The van der Waals surface area contributed by atoms with E-state index in [2.05, 4.69) is 22.3 Å². The predicted octanol–water partition coefficient (Wildman–Crippen LogP) is 2.82. The number of amides is 2. The first-order valence-corrected chi connectivity index (χ1v) is 6.38. The van der Waals surface area contributed by atoms with Gasteiger partial charge in [-0.2, -0.15) is 0 Å². The van der Waals surface area contributed by atoms with Crippen molar-refractivity contribution in [3.63, 3.8) is 0 Å². The van der Waals surface area contributed by atoms with Gasteiger partial charge in [-0.3, -0.25) is 4.99 Å². The molecule has 2 amide bonds. The minimum Gasteiger partial charge on any atom is -0.333 e. The lowest BCUT2D eigenvalue weighted by atomic mass is 9.91. The summed E-state index contributed by atoms with van der Waals surface area (Å²) in [5.74, 6) is 0. The maximum atomic E-state index is 11.9. The highest BCUT2D eigenvalue weighted by atomic mass is 16.2. The van der Waals surface area contributed by atoms with Gasteiger partial charge < -0.3 is 10.6 Å². The van der Waals surface area contributed by atoms with Crippen LogP contribution >= 0.6 is 0 Å². The first kappa shape index (κ1) is 12.6. The van der Waals surface area contributed by atoms with E-state index in [0.717, 1.165) is 24.9 Å². The Hall–Kier alpha value is -1.84. The average molecular weight is 245 g/mol. The van der Waals surface area contributed by atoms with Crippen molar-refractivity contribution in [2.24, 2.45) is 4.99 Å². The number of hydrogen-bond donors (Lipinski definition) is 2. The Bertz CT molecular complexity index is 405. The molecule has 1 aromatic carbocycles. The molecule has 1 fully saturated rings. The van der Waals surface area contributed by atoms with E-state index < -0.39 is 0 Å². The molecule has 4 heteroatoms. The summed E-state index contributed by atoms with van der Waals surface area (Å²) in [7, 11) is 0. The quantitative estimate of drug-likeness (QED) is 0.790. The molecule has 1 aliphatic rings. The van der Waals surface area contributed by atoms with E-state index >= 15 is 0 Å². The Morgan fingerprint density at radius 1 is 1.22 bits per heavy atom. The van der Waals surface area contributed by atoms with Crippen LogP contribution in [0.3, 0.4) is 0 Å². The van der Waals surface area contributed by atoms with Crippen molar-refractivity contribution < 1.29 is 4.79 Å². The van der Waals surface area contributed by atoms with Gasteiger partial charge in [-0.15, -0.1) is 0 Å². The molecule has 18 heavy (non-hydrogen) atoms. The summed E-state index contributed by atoms with van der Waals surface area (Å²) in [5.41, 5.74) is 0.800. The molecule has 0 spiro atoms. The number of nitrogens with zero attached hydrogens (tertiary/aromatic N) is 1. The van der Waals surface area contributed by atoms with E-state index in [-0.39, 0.29) is 18.1 Å². The highest BCUT2D eigenvalue weighted by molar-refractivity contribution is 5.89. The van der Waals surface area contributed by atoms with Crippen LogP contribution in [0.25, 0.3) is 0 Å². The van der Waals surface area contributed by atoms with Crippen molar-refractivity contribution in [3.05, 3.63) is 30.3 Å². The van der Waals surface area contributed by atoms with Gasteiger partial charge in [0.05, 0.1) is 12.1 Å². The van der Waals surface area contributed by atoms with Crippen LogP contribution in [-0.2, 0) is 0 Å². The van der Waals surface area contributed by atoms with E-state index in [9.17, 15) is 4.79 Å². The first-order valence-electron chi connectivity index (χ1n) is 6.38. The van der Waals surface area contributed by atoms with Crippen LogP contribution in [0.15, 0.2) is 35.3 Å². The molecule has 2 atom stereocenters. The zero-order valence-corrected chi connectivity index (χ0v) is 10.4. The summed E-state index contributed by atoms with van der Waals surface area (Å²) in [4.78, 5) is 16.0. The van der Waals surface area contributed by atoms with Gasteiger partial charge in [-0.1, -0.05) is 31.0 Å². The molecular formula is C14H19N3O. The van der Waals surface area contributed by atoms with Gasteiger partial charge in [0.2, 0.25) is 0 Å². The minimum absolute atomic E-state index is 0.111. The zero-order valence-electron chi connectivity index (χ0n) is 10.4. The Morgan fingerprint density at radius 3 is 2.67 bits per heavy atom. The Labute approximate surface area is 108 Å². The highest BCUT2D eigenvalue weighted by Gasteiger charge is 2.25. The second-order valence-electron chi connectivity index (χ2n) is 4.61. The van der Waals surface area contributed by atoms with E-state index in [4.69, 9.17) is 0 Å². The standard InChI is InChI=1S/C14H19N3O/c1-15-12-9-5-6-10-13(12)17-14(18)16-11-7-3-2-4-8-11/h2-4,7-8,12-13H,1,5-6,9-10H2,(H2,16,17,18)/t12-,13-/m1/s1. The van der Waals surface area contributed by atoms with Crippen LogP contribution in [0.2, 0.25) is 0 Å². The lowest BCUT2D eigenvalue weighted by Gasteiger charge is -2.29. The number of anilines is 1. The number of urea groups is 1. The number of carbonyl (C=O) groups excluding carboxylic acids is 1. The average Bonchev–Trinajstić information content (AvgIpc) is 2.40. The highest BCUT2D eigenvalue weighted by Crippen LogP contribution is 2.21. The second kappa shape index (κ2) is 6.19. The lowest BCUT2D eigenvalue weighted by Crippen LogP contribution is -2.46. The topological polar surface area (TPSA) is 53.5 Å². The molecule has 0 saturated heterocycles. The summed E-state index contributed by atoms with van der Waals surface area (Å²) >= 11 is 0. The molecule has 0 aromatic heterocycles. The first-order chi connectivity index (χ1) is 8.79. The Balaban J connectivity index is 1.88. The van der Waals surface area contributed by atoms with Crippen LogP contribution in [-0.4, -0.2) is 24.8 Å². The Kier molecular flexibility index (Phi) is 4.34. The molecule has 0 unspecified atom stereocenters. The van der Waals surface area contributed by atoms with Gasteiger partial charge in [-0.25, -0.2) is 4.79 Å². The smallest absolute Gasteiger partial charge is 0.319 e. The van der Waals surface area contributed by atoms with Crippen LogP contribution in [0.1, 0.15) is 25.7 Å². The van der Waals surface area contributed by atoms with Crippen molar-refractivity contribution in [2.45, 2.75) is 37.8 Å². The summed E-state index contributed by atoms with van der Waals surface area (Å²) in [5, 5.41) is 5.81. The van der Waals surface area contributed by atoms with Gasteiger partial charge in [0.25, 0.3) is 0 Å². The molecule has 0 heterocycles. The number of nitrogens with one attached hydrogen (secondary N) is 2. The summed E-state index contributed by atoms with van der Waals surface area (Å²) in [6.07, 6.45) is 4.30. The monoisotopic (exact) mass is 245 g/mol. The van der Waals surface area contributed by atoms with Crippen LogP contribution in [0.5, 0.6) is 0 Å². The fourth-order valence-corrected chi connectivity index (χ4v) is 2.36. The van der Waals surface area contributed by atoms with E-state index in [1.165, 1.54) is 6.42 Å². The predicted molar refractivity (Wildman–Crippen MR) is 74.2 cm³/mol. The van der Waals surface area contributed by atoms with E-state index in [1.807, 2.05) is 30.3 Å². The van der Waals surface area contributed by atoms with E-state index in [1.54, 1.807) is 0 Å². The zero-order chi connectivity index (χ0) is 12.8. The largest absolute Gasteiger partial charge is 0.333 e. The van der Waals surface area contributed by atoms with Crippen molar-refractivity contribution >= 4 is 18.4 Å². The van der Waals surface area contributed by atoms with Crippen molar-refractivity contribution in [2.75, 3.05) is 5.32 Å². The number of rotatable bonds is 3. The number of carbonyl (C=O) groups is 1. The molecule has 0 aliphatic heterocycles. The number of hydrogen-bond acceptors (Lipinski definition) is 2. The van der Waals surface area contributed by atoms with Crippen molar-refractivity contribution in [3.8, 4) is 0 Å². The molecule has 1 aromatic rings. The normalized spacial score (nSPS) is 23.1. The van der Waals surface area contributed by atoms with Gasteiger partial charge >= 0.3 is 6.03 Å².